The highest BCUT2D eigenvalue weighted by Crippen LogP contribution is 2.27. The number of ether oxygens (including phenoxy) is 1. The van der Waals surface area contributed by atoms with Crippen molar-refractivity contribution in [2.24, 2.45) is 11.8 Å². The molecule has 0 radical (unpaired) electrons. The number of anilines is 1. The van der Waals surface area contributed by atoms with E-state index in [4.69, 9.17) is 4.74 Å². The number of carbonyl (C=O) groups excluding carboxylic acids is 1. The first-order valence-electron chi connectivity index (χ1n) is 8.92. The average Bonchev–Trinajstić information content (AvgIpc) is 2.62. The van der Waals surface area contributed by atoms with Crippen LogP contribution in [-0.4, -0.2) is 30.6 Å². The SMILES string of the molecule is Cl.O=C(Nc1ncccc1OCC1CCCCC1)C1CCNCC1. The summed E-state index contributed by atoms with van der Waals surface area (Å²) in [4.78, 5) is 16.7. The number of aromatic nitrogens is 1. The fourth-order valence-electron chi connectivity index (χ4n) is 3.47. The fourth-order valence-corrected chi connectivity index (χ4v) is 3.47. The summed E-state index contributed by atoms with van der Waals surface area (Å²) in [7, 11) is 0. The fraction of sp³-hybridized carbons (Fsp3) is 0.667. The number of carbonyl (C=O) groups is 1. The molecule has 134 valence electrons. The van der Waals surface area contributed by atoms with Crippen molar-refractivity contribution in [1.29, 1.82) is 0 Å². The van der Waals surface area contributed by atoms with Crippen molar-refractivity contribution in [3.8, 4) is 5.75 Å². The Morgan fingerprint density at radius 3 is 2.71 bits per heavy atom. The zero-order valence-corrected chi connectivity index (χ0v) is 14.9. The monoisotopic (exact) mass is 353 g/mol. The Labute approximate surface area is 150 Å². The van der Waals surface area contributed by atoms with Crippen LogP contribution in [0.1, 0.15) is 44.9 Å². The highest BCUT2D eigenvalue weighted by molar-refractivity contribution is 5.92. The lowest BCUT2D eigenvalue weighted by atomic mass is 9.90. The lowest BCUT2D eigenvalue weighted by Crippen LogP contribution is -2.34. The molecule has 3 rings (SSSR count). The number of amides is 1. The predicted octanol–water partition coefficient (Wildman–Crippen LogP) is 3.40. The smallest absolute Gasteiger partial charge is 0.228 e. The predicted molar refractivity (Wildman–Crippen MR) is 97.8 cm³/mol. The van der Waals surface area contributed by atoms with Gasteiger partial charge in [-0.2, -0.15) is 0 Å². The molecular formula is C18H28ClN3O2. The first-order chi connectivity index (χ1) is 11.3. The summed E-state index contributed by atoms with van der Waals surface area (Å²) in [5.74, 6) is 2.03. The van der Waals surface area contributed by atoms with Crippen LogP contribution in [0.25, 0.3) is 0 Å². The molecule has 1 aromatic rings. The van der Waals surface area contributed by atoms with Crippen molar-refractivity contribution in [2.45, 2.75) is 44.9 Å². The third-order valence-electron chi connectivity index (χ3n) is 4.92. The molecule has 6 heteroatoms. The molecule has 1 amide bonds. The van der Waals surface area contributed by atoms with E-state index in [2.05, 4.69) is 15.6 Å². The Balaban J connectivity index is 0.00000208. The maximum atomic E-state index is 12.4. The van der Waals surface area contributed by atoms with Gasteiger partial charge in [-0.1, -0.05) is 19.3 Å². The second-order valence-corrected chi connectivity index (χ2v) is 6.68. The van der Waals surface area contributed by atoms with Crippen LogP contribution < -0.4 is 15.4 Å². The van der Waals surface area contributed by atoms with Gasteiger partial charge in [0.25, 0.3) is 0 Å². The topological polar surface area (TPSA) is 63.2 Å². The Kier molecular flexibility index (Phi) is 7.79. The van der Waals surface area contributed by atoms with Gasteiger partial charge < -0.3 is 15.4 Å². The van der Waals surface area contributed by atoms with E-state index in [0.29, 0.717) is 17.5 Å². The first kappa shape index (κ1) is 19.0. The molecule has 2 aliphatic rings. The number of nitrogens with one attached hydrogen (secondary N) is 2. The Bertz CT molecular complexity index is 515. The molecule has 1 aliphatic carbocycles. The largest absolute Gasteiger partial charge is 0.489 e. The maximum absolute atomic E-state index is 12.4. The van der Waals surface area contributed by atoms with E-state index >= 15 is 0 Å². The summed E-state index contributed by atoms with van der Waals surface area (Å²) < 4.78 is 5.98. The number of rotatable bonds is 5. The minimum absolute atomic E-state index is 0. The number of piperidine rings is 1. The van der Waals surface area contributed by atoms with Gasteiger partial charge in [0.1, 0.15) is 0 Å². The van der Waals surface area contributed by atoms with Crippen LogP contribution in [0.15, 0.2) is 18.3 Å². The summed E-state index contributed by atoms with van der Waals surface area (Å²) in [6.45, 7) is 2.54. The lowest BCUT2D eigenvalue weighted by molar-refractivity contribution is -0.120. The Morgan fingerprint density at radius 2 is 1.96 bits per heavy atom. The summed E-state index contributed by atoms with van der Waals surface area (Å²) in [5, 5.41) is 6.25. The van der Waals surface area contributed by atoms with Gasteiger partial charge in [0, 0.05) is 12.1 Å². The number of nitrogens with zero attached hydrogens (tertiary/aromatic N) is 1. The van der Waals surface area contributed by atoms with Crippen molar-refractivity contribution < 1.29 is 9.53 Å². The minimum atomic E-state index is 0. The molecule has 0 bridgehead atoms. The van der Waals surface area contributed by atoms with Crippen molar-refractivity contribution in [2.75, 3.05) is 25.0 Å². The summed E-state index contributed by atoms with van der Waals surface area (Å²) in [6, 6.07) is 3.75. The van der Waals surface area contributed by atoms with Crippen molar-refractivity contribution >= 4 is 24.1 Å². The third kappa shape index (κ3) is 5.35. The van der Waals surface area contributed by atoms with Crippen LogP contribution >= 0.6 is 12.4 Å². The van der Waals surface area contributed by atoms with Gasteiger partial charge in [-0.05, 0) is 56.8 Å². The molecule has 2 fully saturated rings. The van der Waals surface area contributed by atoms with Gasteiger partial charge in [0.05, 0.1) is 6.61 Å². The zero-order chi connectivity index (χ0) is 15.9. The summed E-state index contributed by atoms with van der Waals surface area (Å²) in [5.41, 5.74) is 0. The highest BCUT2D eigenvalue weighted by atomic mass is 35.5. The van der Waals surface area contributed by atoms with E-state index < -0.39 is 0 Å². The second-order valence-electron chi connectivity index (χ2n) is 6.68. The van der Waals surface area contributed by atoms with E-state index in [9.17, 15) is 4.79 Å². The van der Waals surface area contributed by atoms with Crippen molar-refractivity contribution in [1.82, 2.24) is 10.3 Å². The molecule has 0 spiro atoms. The van der Waals surface area contributed by atoms with Crippen LogP contribution in [0.2, 0.25) is 0 Å². The number of hydrogen-bond donors (Lipinski definition) is 2. The minimum Gasteiger partial charge on any atom is -0.489 e. The molecule has 0 aromatic carbocycles. The van der Waals surface area contributed by atoms with Crippen LogP contribution in [0.5, 0.6) is 5.75 Å². The summed E-state index contributed by atoms with van der Waals surface area (Å²) in [6.07, 6.45) is 9.93. The number of halogens is 1. The molecule has 0 atom stereocenters. The van der Waals surface area contributed by atoms with Crippen molar-refractivity contribution in [3.63, 3.8) is 0 Å². The van der Waals surface area contributed by atoms with E-state index in [1.165, 1.54) is 32.1 Å². The van der Waals surface area contributed by atoms with E-state index in [1.807, 2.05) is 12.1 Å². The van der Waals surface area contributed by atoms with Crippen molar-refractivity contribution in [3.05, 3.63) is 18.3 Å². The van der Waals surface area contributed by atoms with Gasteiger partial charge >= 0.3 is 0 Å². The van der Waals surface area contributed by atoms with E-state index in [0.717, 1.165) is 32.5 Å². The maximum Gasteiger partial charge on any atom is 0.228 e. The van der Waals surface area contributed by atoms with Gasteiger partial charge in [0.2, 0.25) is 5.91 Å². The number of pyridine rings is 1. The highest BCUT2D eigenvalue weighted by Gasteiger charge is 2.22. The Morgan fingerprint density at radius 1 is 1.21 bits per heavy atom. The van der Waals surface area contributed by atoms with E-state index in [-0.39, 0.29) is 24.2 Å². The molecule has 1 aliphatic heterocycles. The first-order valence-corrected chi connectivity index (χ1v) is 8.92. The normalized spacial score (nSPS) is 19.3. The van der Waals surface area contributed by atoms with Gasteiger partial charge in [-0.3, -0.25) is 4.79 Å². The molecular weight excluding hydrogens is 326 g/mol. The average molecular weight is 354 g/mol. The van der Waals surface area contributed by atoms with Crippen LogP contribution in [0.4, 0.5) is 5.82 Å². The molecule has 5 nitrogen and oxygen atoms in total. The third-order valence-corrected chi connectivity index (χ3v) is 4.92. The molecule has 1 saturated heterocycles. The second kappa shape index (κ2) is 9.84. The van der Waals surface area contributed by atoms with Gasteiger partial charge in [-0.15, -0.1) is 12.4 Å². The number of hydrogen-bond acceptors (Lipinski definition) is 4. The van der Waals surface area contributed by atoms with Gasteiger partial charge in [0.15, 0.2) is 11.6 Å². The molecule has 2 heterocycles. The molecule has 0 unspecified atom stereocenters. The van der Waals surface area contributed by atoms with E-state index in [1.54, 1.807) is 6.20 Å². The van der Waals surface area contributed by atoms with Crippen LogP contribution in [0.3, 0.4) is 0 Å². The van der Waals surface area contributed by atoms with Gasteiger partial charge in [-0.25, -0.2) is 4.98 Å². The Hall–Kier alpha value is -1.33. The quantitative estimate of drug-likeness (QED) is 0.851. The summed E-state index contributed by atoms with van der Waals surface area (Å²) >= 11 is 0. The molecule has 1 aromatic heterocycles. The standard InChI is InChI=1S/C18H27N3O2.ClH/c22-18(15-8-11-19-12-9-15)21-17-16(7-4-10-20-17)23-13-14-5-2-1-3-6-14;/h4,7,10,14-15,19H,1-3,5-6,8-9,11-13H2,(H,20,21,22);1H. The molecule has 24 heavy (non-hydrogen) atoms. The lowest BCUT2D eigenvalue weighted by Gasteiger charge is -2.23. The zero-order valence-electron chi connectivity index (χ0n) is 14.1. The molecule has 2 N–H and O–H groups in total. The van der Waals surface area contributed by atoms with Crippen LogP contribution in [-0.2, 0) is 4.79 Å². The molecule has 1 saturated carbocycles. The van der Waals surface area contributed by atoms with Crippen LogP contribution in [0, 0.1) is 11.8 Å².